The lowest BCUT2D eigenvalue weighted by Crippen LogP contribution is -2.22. The average Bonchev–Trinajstić information content (AvgIpc) is 2.28. The molecule has 0 spiro atoms. The zero-order valence-corrected chi connectivity index (χ0v) is 9.97. The Hall–Kier alpha value is -0.370. The first-order valence-corrected chi connectivity index (χ1v) is 5.55. The van der Waals surface area contributed by atoms with E-state index in [9.17, 15) is 4.79 Å². The van der Waals surface area contributed by atoms with Crippen molar-refractivity contribution in [1.82, 2.24) is 4.90 Å². The summed E-state index contributed by atoms with van der Waals surface area (Å²) >= 11 is 0. The lowest BCUT2D eigenvalue weighted by Gasteiger charge is -2.23. The second-order valence-corrected chi connectivity index (χ2v) is 5.56. The van der Waals surface area contributed by atoms with Crippen molar-refractivity contribution in [3.05, 3.63) is 0 Å². The second kappa shape index (κ2) is 4.43. The van der Waals surface area contributed by atoms with Gasteiger partial charge in [0.1, 0.15) is 5.78 Å². The van der Waals surface area contributed by atoms with Gasteiger partial charge in [0.15, 0.2) is 0 Å². The molecule has 14 heavy (non-hydrogen) atoms. The summed E-state index contributed by atoms with van der Waals surface area (Å²) < 4.78 is 0. The van der Waals surface area contributed by atoms with Gasteiger partial charge in [-0.25, -0.2) is 0 Å². The van der Waals surface area contributed by atoms with Gasteiger partial charge in [0.2, 0.25) is 0 Å². The van der Waals surface area contributed by atoms with Crippen molar-refractivity contribution in [2.75, 3.05) is 20.6 Å². The smallest absolute Gasteiger partial charge is 0.130 e. The largest absolute Gasteiger partial charge is 0.309 e. The van der Waals surface area contributed by atoms with Gasteiger partial charge >= 0.3 is 0 Å². The van der Waals surface area contributed by atoms with E-state index in [1.54, 1.807) is 6.92 Å². The maximum absolute atomic E-state index is 11.1. The van der Waals surface area contributed by atoms with E-state index in [0.717, 1.165) is 12.3 Å². The highest BCUT2D eigenvalue weighted by atomic mass is 16.1. The predicted molar refractivity (Wildman–Crippen MR) is 59.3 cm³/mol. The summed E-state index contributed by atoms with van der Waals surface area (Å²) in [4.78, 5) is 13.4. The number of hydrogen-bond donors (Lipinski definition) is 0. The van der Waals surface area contributed by atoms with Crippen LogP contribution < -0.4 is 0 Å². The molecule has 1 fully saturated rings. The van der Waals surface area contributed by atoms with Crippen LogP contribution in [0.3, 0.4) is 0 Å². The van der Waals surface area contributed by atoms with Crippen LogP contribution in [0.5, 0.6) is 0 Å². The normalized spacial score (nSPS) is 32.5. The van der Waals surface area contributed by atoms with Crippen LogP contribution in [0.1, 0.15) is 39.5 Å². The molecular formula is C12H23NO. The minimum atomic E-state index is 0.298. The number of nitrogens with zero attached hydrogens (tertiary/aromatic N) is 1. The zero-order chi connectivity index (χ0) is 10.8. The van der Waals surface area contributed by atoms with E-state index in [-0.39, 0.29) is 0 Å². The fourth-order valence-corrected chi connectivity index (χ4v) is 2.89. The fraction of sp³-hybridized carbons (Fsp3) is 0.917. The van der Waals surface area contributed by atoms with Gasteiger partial charge in [0, 0.05) is 13.0 Å². The predicted octanol–water partition coefficient (Wildman–Crippen LogP) is 2.33. The number of rotatable bonds is 4. The minimum Gasteiger partial charge on any atom is -0.309 e. The molecule has 0 saturated heterocycles. The number of carbonyl (C=O) groups excluding carboxylic acids is 1. The molecule has 1 saturated carbocycles. The molecule has 1 aliphatic rings. The topological polar surface area (TPSA) is 20.3 Å². The summed E-state index contributed by atoms with van der Waals surface area (Å²) in [5.41, 5.74) is 0.298. The van der Waals surface area contributed by atoms with E-state index < -0.39 is 0 Å². The van der Waals surface area contributed by atoms with E-state index in [2.05, 4.69) is 25.9 Å². The molecule has 0 bridgehead atoms. The van der Waals surface area contributed by atoms with Gasteiger partial charge in [-0.05, 0) is 51.6 Å². The summed E-state index contributed by atoms with van der Waals surface area (Å²) in [6, 6.07) is 0. The van der Waals surface area contributed by atoms with E-state index in [4.69, 9.17) is 0 Å². The molecule has 0 heterocycles. The first-order chi connectivity index (χ1) is 6.41. The Morgan fingerprint density at radius 3 is 2.64 bits per heavy atom. The van der Waals surface area contributed by atoms with Gasteiger partial charge in [-0.1, -0.05) is 6.92 Å². The SMILES string of the molecule is CC(=O)CC1(C)CCC(CN(C)C)C1. The summed E-state index contributed by atoms with van der Waals surface area (Å²) in [6.45, 7) is 5.15. The third-order valence-electron chi connectivity index (χ3n) is 3.24. The van der Waals surface area contributed by atoms with Crippen LogP contribution in [0.15, 0.2) is 0 Å². The Balaban J connectivity index is 2.42. The minimum absolute atomic E-state index is 0.298. The van der Waals surface area contributed by atoms with Crippen molar-refractivity contribution in [2.24, 2.45) is 11.3 Å². The molecule has 0 aromatic rings. The summed E-state index contributed by atoms with van der Waals surface area (Å²) in [6.07, 6.45) is 4.52. The summed E-state index contributed by atoms with van der Waals surface area (Å²) in [7, 11) is 4.25. The quantitative estimate of drug-likeness (QED) is 0.689. The molecule has 0 aromatic heterocycles. The Kier molecular flexibility index (Phi) is 3.71. The highest BCUT2D eigenvalue weighted by molar-refractivity contribution is 5.76. The molecule has 2 unspecified atom stereocenters. The van der Waals surface area contributed by atoms with Gasteiger partial charge in [-0.3, -0.25) is 0 Å². The molecule has 0 amide bonds. The average molecular weight is 197 g/mol. The fourth-order valence-electron chi connectivity index (χ4n) is 2.89. The summed E-state index contributed by atoms with van der Waals surface area (Å²) in [5.74, 6) is 1.15. The maximum Gasteiger partial charge on any atom is 0.130 e. The molecular weight excluding hydrogens is 174 g/mol. The van der Waals surface area contributed by atoms with Crippen molar-refractivity contribution < 1.29 is 4.79 Å². The van der Waals surface area contributed by atoms with Crippen LogP contribution in [-0.2, 0) is 4.79 Å². The van der Waals surface area contributed by atoms with Crippen LogP contribution in [0.25, 0.3) is 0 Å². The van der Waals surface area contributed by atoms with Crippen molar-refractivity contribution in [2.45, 2.75) is 39.5 Å². The molecule has 1 aliphatic carbocycles. The number of hydrogen-bond acceptors (Lipinski definition) is 2. The number of carbonyl (C=O) groups is 1. The zero-order valence-electron chi connectivity index (χ0n) is 9.97. The van der Waals surface area contributed by atoms with Gasteiger partial charge in [0.05, 0.1) is 0 Å². The second-order valence-electron chi connectivity index (χ2n) is 5.56. The Labute approximate surface area is 87.7 Å². The van der Waals surface area contributed by atoms with Gasteiger partial charge in [-0.2, -0.15) is 0 Å². The highest BCUT2D eigenvalue weighted by Crippen LogP contribution is 2.44. The molecule has 82 valence electrons. The standard InChI is InChI=1S/C12H23NO/c1-10(14)7-12(2)6-5-11(8-12)9-13(3)4/h11H,5-9H2,1-4H3. The van der Waals surface area contributed by atoms with Gasteiger partial charge in [0.25, 0.3) is 0 Å². The van der Waals surface area contributed by atoms with E-state index in [1.165, 1.54) is 25.8 Å². The third kappa shape index (κ3) is 3.41. The van der Waals surface area contributed by atoms with Crippen LogP contribution in [0.4, 0.5) is 0 Å². The Bertz CT molecular complexity index is 212. The van der Waals surface area contributed by atoms with Crippen LogP contribution >= 0.6 is 0 Å². The Morgan fingerprint density at radius 1 is 1.50 bits per heavy atom. The van der Waals surface area contributed by atoms with Crippen molar-refractivity contribution in [3.63, 3.8) is 0 Å². The highest BCUT2D eigenvalue weighted by Gasteiger charge is 2.35. The molecule has 2 atom stereocenters. The number of Topliss-reactive ketones (excluding diaryl/α,β-unsaturated/α-hetero) is 1. The third-order valence-corrected chi connectivity index (χ3v) is 3.24. The molecule has 0 radical (unpaired) electrons. The van der Waals surface area contributed by atoms with Gasteiger partial charge in [-0.15, -0.1) is 0 Å². The molecule has 0 aromatic carbocycles. The number of ketones is 1. The van der Waals surface area contributed by atoms with E-state index in [1.807, 2.05) is 0 Å². The maximum atomic E-state index is 11.1. The van der Waals surface area contributed by atoms with Gasteiger partial charge < -0.3 is 9.69 Å². The van der Waals surface area contributed by atoms with Crippen molar-refractivity contribution >= 4 is 5.78 Å². The molecule has 0 N–H and O–H groups in total. The molecule has 2 nitrogen and oxygen atoms in total. The van der Waals surface area contributed by atoms with Crippen LogP contribution in [0.2, 0.25) is 0 Å². The van der Waals surface area contributed by atoms with Crippen molar-refractivity contribution in [3.8, 4) is 0 Å². The lowest BCUT2D eigenvalue weighted by molar-refractivity contribution is -0.119. The molecule has 1 rings (SSSR count). The van der Waals surface area contributed by atoms with Crippen LogP contribution in [-0.4, -0.2) is 31.3 Å². The van der Waals surface area contributed by atoms with E-state index in [0.29, 0.717) is 11.2 Å². The molecule has 2 heteroatoms. The molecule has 0 aliphatic heterocycles. The lowest BCUT2D eigenvalue weighted by atomic mass is 9.83. The van der Waals surface area contributed by atoms with Crippen molar-refractivity contribution in [1.29, 1.82) is 0 Å². The summed E-state index contributed by atoms with van der Waals surface area (Å²) in [5, 5.41) is 0. The first-order valence-electron chi connectivity index (χ1n) is 5.55. The van der Waals surface area contributed by atoms with Crippen LogP contribution in [0, 0.1) is 11.3 Å². The van der Waals surface area contributed by atoms with E-state index >= 15 is 0 Å². The first kappa shape index (κ1) is 11.7. The Morgan fingerprint density at radius 2 is 2.14 bits per heavy atom. The monoisotopic (exact) mass is 197 g/mol.